The largest absolute Gasteiger partial charge is 0.450 e. The van der Waals surface area contributed by atoms with Crippen molar-refractivity contribution in [3.8, 4) is 0 Å². The molecule has 1 unspecified atom stereocenters. The summed E-state index contributed by atoms with van der Waals surface area (Å²) in [5.41, 5.74) is 7.87. The highest BCUT2D eigenvalue weighted by atomic mass is 35.5. The van der Waals surface area contributed by atoms with E-state index in [1.807, 2.05) is 12.1 Å². The zero-order valence-corrected chi connectivity index (χ0v) is 12.7. The molecule has 22 heavy (non-hydrogen) atoms. The summed E-state index contributed by atoms with van der Waals surface area (Å²) in [6.07, 6.45) is 2.36. The maximum absolute atomic E-state index is 6.06. The average Bonchev–Trinajstić information content (AvgIpc) is 3.12. The fourth-order valence-corrected chi connectivity index (χ4v) is 3.08. The predicted octanol–water partition coefficient (Wildman–Crippen LogP) is 2.78. The molecular weight excluding hydrogens is 302 g/mol. The summed E-state index contributed by atoms with van der Waals surface area (Å²) in [7, 11) is 0. The van der Waals surface area contributed by atoms with Gasteiger partial charge in [-0.2, -0.15) is 4.98 Å². The van der Waals surface area contributed by atoms with Crippen LogP contribution >= 0.6 is 11.6 Å². The van der Waals surface area contributed by atoms with Crippen LogP contribution in [0.4, 0.5) is 11.8 Å². The number of nitrogens with one attached hydrogen (secondary N) is 2. The van der Waals surface area contributed by atoms with Crippen LogP contribution in [0.5, 0.6) is 0 Å². The zero-order valence-electron chi connectivity index (χ0n) is 11.9. The van der Waals surface area contributed by atoms with Gasteiger partial charge in [0.2, 0.25) is 5.95 Å². The number of nitrogens with zero attached hydrogens (tertiary/aromatic N) is 2. The molecule has 2 aromatic heterocycles. The van der Waals surface area contributed by atoms with Crippen molar-refractivity contribution in [2.75, 3.05) is 24.1 Å². The minimum Gasteiger partial charge on any atom is -0.450 e. The van der Waals surface area contributed by atoms with Crippen LogP contribution in [0.1, 0.15) is 12.8 Å². The summed E-state index contributed by atoms with van der Waals surface area (Å²) in [5.74, 6) is 0.848. The molecule has 0 saturated carbocycles. The Hall–Kier alpha value is -2.05. The lowest BCUT2D eigenvalue weighted by molar-refractivity contribution is 0.629. The van der Waals surface area contributed by atoms with Crippen LogP contribution in [-0.2, 0) is 0 Å². The van der Waals surface area contributed by atoms with Crippen molar-refractivity contribution >= 4 is 45.4 Å². The molecule has 4 N–H and O–H groups in total. The zero-order chi connectivity index (χ0) is 15.1. The number of aromatic nitrogens is 2. The first-order chi connectivity index (χ1) is 10.7. The number of halogens is 1. The van der Waals surface area contributed by atoms with E-state index in [-0.39, 0.29) is 5.95 Å². The van der Waals surface area contributed by atoms with Crippen molar-refractivity contribution in [3.05, 3.63) is 23.2 Å². The van der Waals surface area contributed by atoms with Crippen LogP contribution in [0.3, 0.4) is 0 Å². The first kappa shape index (κ1) is 13.6. The molecule has 0 aliphatic carbocycles. The monoisotopic (exact) mass is 317 g/mol. The number of hydrogen-bond donors (Lipinski definition) is 3. The summed E-state index contributed by atoms with van der Waals surface area (Å²) in [6, 6.07) is 5.90. The van der Waals surface area contributed by atoms with Crippen molar-refractivity contribution in [2.24, 2.45) is 0 Å². The van der Waals surface area contributed by atoms with E-state index in [9.17, 15) is 0 Å². The first-order valence-corrected chi connectivity index (χ1v) is 7.71. The van der Waals surface area contributed by atoms with Crippen molar-refractivity contribution in [3.63, 3.8) is 0 Å². The second-order valence-electron chi connectivity index (χ2n) is 5.52. The summed E-state index contributed by atoms with van der Waals surface area (Å²) in [4.78, 5) is 8.59. The Morgan fingerprint density at radius 3 is 3.14 bits per heavy atom. The molecule has 3 aromatic rings. The maximum atomic E-state index is 6.06. The minimum absolute atomic E-state index is 0.219. The van der Waals surface area contributed by atoms with Crippen molar-refractivity contribution < 1.29 is 4.42 Å². The predicted molar refractivity (Wildman–Crippen MR) is 88.2 cm³/mol. The first-order valence-electron chi connectivity index (χ1n) is 7.33. The van der Waals surface area contributed by atoms with Gasteiger partial charge in [-0.3, -0.25) is 0 Å². The highest BCUT2D eigenvalue weighted by molar-refractivity contribution is 6.31. The van der Waals surface area contributed by atoms with E-state index in [1.165, 1.54) is 6.42 Å². The van der Waals surface area contributed by atoms with Gasteiger partial charge in [0.25, 0.3) is 0 Å². The molecule has 1 aliphatic rings. The van der Waals surface area contributed by atoms with Crippen molar-refractivity contribution in [1.29, 1.82) is 0 Å². The van der Waals surface area contributed by atoms with Crippen LogP contribution in [0.15, 0.2) is 22.6 Å². The molecule has 1 fully saturated rings. The van der Waals surface area contributed by atoms with Crippen LogP contribution in [-0.4, -0.2) is 29.1 Å². The van der Waals surface area contributed by atoms with E-state index < -0.39 is 0 Å². The number of benzene rings is 1. The number of furan rings is 1. The van der Waals surface area contributed by atoms with Gasteiger partial charge in [-0.15, -0.1) is 0 Å². The Morgan fingerprint density at radius 1 is 1.41 bits per heavy atom. The van der Waals surface area contributed by atoms with E-state index in [4.69, 9.17) is 21.8 Å². The lowest BCUT2D eigenvalue weighted by Gasteiger charge is -2.12. The average molecular weight is 318 g/mol. The fourth-order valence-electron chi connectivity index (χ4n) is 2.90. The molecule has 0 amide bonds. The Morgan fingerprint density at radius 2 is 2.32 bits per heavy atom. The van der Waals surface area contributed by atoms with Gasteiger partial charge in [-0.05, 0) is 37.6 Å². The number of hydrogen-bond acceptors (Lipinski definition) is 6. The molecule has 1 saturated heterocycles. The smallest absolute Gasteiger partial charge is 0.222 e. The van der Waals surface area contributed by atoms with Gasteiger partial charge >= 0.3 is 0 Å². The van der Waals surface area contributed by atoms with Crippen LogP contribution in [0.2, 0.25) is 5.02 Å². The van der Waals surface area contributed by atoms with Crippen LogP contribution in [0, 0.1) is 0 Å². The third-order valence-corrected chi connectivity index (χ3v) is 4.20. The summed E-state index contributed by atoms with van der Waals surface area (Å²) in [6.45, 7) is 1.85. The van der Waals surface area contributed by atoms with Gasteiger partial charge in [0, 0.05) is 23.0 Å². The van der Waals surface area contributed by atoms with Crippen molar-refractivity contribution in [1.82, 2.24) is 15.3 Å². The van der Waals surface area contributed by atoms with Crippen molar-refractivity contribution in [2.45, 2.75) is 18.9 Å². The lowest BCUT2D eigenvalue weighted by atomic mass is 10.2. The minimum atomic E-state index is 0.219. The summed E-state index contributed by atoms with van der Waals surface area (Å²) in [5, 5.41) is 8.25. The molecule has 7 heteroatoms. The molecule has 3 heterocycles. The summed E-state index contributed by atoms with van der Waals surface area (Å²) >= 11 is 6.06. The van der Waals surface area contributed by atoms with Crippen LogP contribution < -0.4 is 16.4 Å². The fraction of sp³-hybridized carbons (Fsp3) is 0.333. The molecule has 6 nitrogen and oxygen atoms in total. The van der Waals surface area contributed by atoms with Crippen LogP contribution in [0.25, 0.3) is 22.1 Å². The van der Waals surface area contributed by atoms with Gasteiger partial charge in [0.05, 0.1) is 0 Å². The molecule has 0 radical (unpaired) electrons. The highest BCUT2D eigenvalue weighted by Crippen LogP contribution is 2.33. The van der Waals surface area contributed by atoms with E-state index >= 15 is 0 Å². The van der Waals surface area contributed by atoms with Gasteiger partial charge in [0.1, 0.15) is 11.1 Å². The molecule has 1 aliphatic heterocycles. The lowest BCUT2D eigenvalue weighted by Crippen LogP contribution is -2.29. The van der Waals surface area contributed by atoms with Gasteiger partial charge < -0.3 is 20.8 Å². The van der Waals surface area contributed by atoms with Gasteiger partial charge in [-0.1, -0.05) is 11.6 Å². The third-order valence-electron chi connectivity index (χ3n) is 3.97. The number of anilines is 2. The second-order valence-corrected chi connectivity index (χ2v) is 5.96. The molecule has 114 valence electrons. The Kier molecular flexibility index (Phi) is 3.28. The maximum Gasteiger partial charge on any atom is 0.222 e. The molecule has 4 rings (SSSR count). The summed E-state index contributed by atoms with van der Waals surface area (Å²) < 4.78 is 5.89. The molecular formula is C15H16ClN5O. The molecule has 0 spiro atoms. The number of fused-ring (bicyclic) bond motifs is 3. The Labute approximate surface area is 132 Å². The van der Waals surface area contributed by atoms with E-state index in [0.717, 1.165) is 30.5 Å². The van der Waals surface area contributed by atoms with E-state index in [1.54, 1.807) is 6.07 Å². The number of nitrogens with two attached hydrogens (primary N) is 1. The topological polar surface area (TPSA) is 89.0 Å². The molecule has 1 aromatic carbocycles. The number of rotatable bonds is 3. The van der Waals surface area contributed by atoms with Gasteiger partial charge in [-0.25, -0.2) is 4.98 Å². The number of nitrogen functional groups attached to an aromatic ring is 1. The standard InChI is InChI=1S/C15H16ClN5O/c16-8-3-4-11-10(6-8)12-13(22-11)14(21-15(17)20-12)19-7-9-2-1-5-18-9/h3-4,6,9,18H,1-2,5,7H2,(H3,17,19,20,21). The molecule has 1 atom stereocenters. The quantitative estimate of drug-likeness (QED) is 0.688. The SMILES string of the molecule is Nc1nc(NCC2CCCN2)c2oc3ccc(Cl)cc3c2n1. The Balaban J connectivity index is 1.78. The Bertz CT molecular complexity index is 841. The van der Waals surface area contributed by atoms with E-state index in [2.05, 4.69) is 20.6 Å². The molecule has 0 bridgehead atoms. The highest BCUT2D eigenvalue weighted by Gasteiger charge is 2.18. The second kappa shape index (κ2) is 5.30. The van der Waals surface area contributed by atoms with E-state index in [0.29, 0.717) is 28.0 Å². The van der Waals surface area contributed by atoms with Gasteiger partial charge in [0.15, 0.2) is 11.4 Å². The normalized spacial score (nSPS) is 18.3. The third kappa shape index (κ3) is 2.34.